The van der Waals surface area contributed by atoms with Gasteiger partial charge in [0.05, 0.1) is 0 Å². The fraction of sp³-hybridized carbons (Fsp3) is 0. The minimum atomic E-state index is -0.642. The van der Waals surface area contributed by atoms with E-state index in [0.29, 0.717) is 0 Å². The summed E-state index contributed by atoms with van der Waals surface area (Å²) in [6, 6.07) is 0. The van der Waals surface area contributed by atoms with E-state index in [2.05, 4.69) is 15.3 Å². The highest BCUT2D eigenvalue weighted by Crippen LogP contribution is 2.24. The molecule has 0 atom stereocenters. The zero-order chi connectivity index (χ0) is 9.84. The third kappa shape index (κ3) is 2.31. The van der Waals surface area contributed by atoms with Crippen LogP contribution in [0.3, 0.4) is 0 Å². The summed E-state index contributed by atoms with van der Waals surface area (Å²) in [7, 11) is 0. The predicted octanol–water partition coefficient (Wildman–Crippen LogP) is 1.36. The average molecular weight is 216 g/mol. The topological polar surface area (TPSA) is 54.9 Å². The molecule has 0 aromatic carbocycles. The Morgan fingerprint density at radius 1 is 1.54 bits per heavy atom. The number of terminal acetylenes is 1. The molecule has 1 N–H and O–H groups in total. The molecule has 1 heterocycles. The van der Waals surface area contributed by atoms with Crippen molar-refractivity contribution in [3.8, 4) is 12.3 Å². The highest BCUT2D eigenvalue weighted by Gasteiger charge is 2.08. The molecule has 0 saturated carbocycles. The van der Waals surface area contributed by atoms with Gasteiger partial charge in [0, 0.05) is 0 Å². The molecule has 1 rings (SSSR count). The van der Waals surface area contributed by atoms with Crippen molar-refractivity contribution in [1.29, 1.82) is 0 Å². The van der Waals surface area contributed by atoms with Crippen molar-refractivity contribution in [3.05, 3.63) is 16.5 Å². The summed E-state index contributed by atoms with van der Waals surface area (Å²) in [6.45, 7) is 0. The first-order valence-electron chi connectivity index (χ1n) is 3.08. The molecular formula is C7H3Cl2N3O. The standard InChI is InChI=1S/C7H3Cl2N3O/c1-2-4(13)12-7-5(8)6(9)10-3-11-7/h1,3H,(H,10,11,12,13). The average Bonchev–Trinajstić information content (AvgIpc) is 2.13. The van der Waals surface area contributed by atoms with Crippen LogP contribution in [0.1, 0.15) is 0 Å². The number of hydrogen-bond acceptors (Lipinski definition) is 3. The van der Waals surface area contributed by atoms with Gasteiger partial charge in [0.2, 0.25) is 0 Å². The van der Waals surface area contributed by atoms with E-state index in [1.54, 1.807) is 0 Å². The van der Waals surface area contributed by atoms with Gasteiger partial charge in [-0.3, -0.25) is 10.1 Å². The second-order valence-electron chi connectivity index (χ2n) is 1.93. The van der Waals surface area contributed by atoms with E-state index >= 15 is 0 Å². The van der Waals surface area contributed by atoms with Crippen LogP contribution in [0.15, 0.2) is 6.33 Å². The maximum Gasteiger partial charge on any atom is 0.301 e. The number of hydrogen-bond donors (Lipinski definition) is 1. The van der Waals surface area contributed by atoms with Gasteiger partial charge in [-0.25, -0.2) is 9.97 Å². The fourth-order valence-corrected chi connectivity index (χ4v) is 0.857. The molecule has 1 amide bonds. The van der Waals surface area contributed by atoms with Crippen LogP contribution in [0.25, 0.3) is 0 Å². The van der Waals surface area contributed by atoms with Crippen LogP contribution in [-0.4, -0.2) is 15.9 Å². The third-order valence-electron chi connectivity index (χ3n) is 1.11. The first kappa shape index (κ1) is 9.78. The summed E-state index contributed by atoms with van der Waals surface area (Å²) in [5.74, 6) is 1.31. The minimum Gasteiger partial charge on any atom is -0.298 e. The van der Waals surface area contributed by atoms with E-state index in [0.717, 1.165) is 0 Å². The summed E-state index contributed by atoms with van der Waals surface area (Å²) in [6.07, 6.45) is 5.99. The number of halogens is 2. The Bertz CT molecular complexity index is 386. The normalized spacial score (nSPS) is 9.00. The largest absolute Gasteiger partial charge is 0.301 e. The van der Waals surface area contributed by atoms with Crippen LogP contribution in [0.4, 0.5) is 5.82 Å². The molecule has 0 unspecified atom stereocenters. The molecule has 0 aliphatic heterocycles. The first-order valence-corrected chi connectivity index (χ1v) is 3.84. The summed E-state index contributed by atoms with van der Waals surface area (Å²) >= 11 is 11.2. The summed E-state index contributed by atoms with van der Waals surface area (Å²) in [5, 5.41) is 2.38. The number of nitrogens with one attached hydrogen (secondary N) is 1. The Morgan fingerprint density at radius 2 is 2.23 bits per heavy atom. The summed E-state index contributed by atoms with van der Waals surface area (Å²) < 4.78 is 0. The van der Waals surface area contributed by atoms with E-state index < -0.39 is 5.91 Å². The van der Waals surface area contributed by atoms with Crippen LogP contribution < -0.4 is 5.32 Å². The second-order valence-corrected chi connectivity index (χ2v) is 2.66. The van der Waals surface area contributed by atoms with Gasteiger partial charge in [0.25, 0.3) is 0 Å². The van der Waals surface area contributed by atoms with Crippen molar-refractivity contribution in [2.24, 2.45) is 0 Å². The molecule has 0 radical (unpaired) electrons. The zero-order valence-corrected chi connectivity index (χ0v) is 7.73. The number of rotatable bonds is 1. The molecule has 0 aliphatic carbocycles. The SMILES string of the molecule is C#CC(=O)Nc1ncnc(Cl)c1Cl. The molecule has 66 valence electrons. The van der Waals surface area contributed by atoms with E-state index in [4.69, 9.17) is 29.6 Å². The van der Waals surface area contributed by atoms with Crippen LogP contribution in [0.5, 0.6) is 0 Å². The lowest BCUT2D eigenvalue weighted by Crippen LogP contribution is -2.10. The number of carbonyl (C=O) groups is 1. The predicted molar refractivity (Wildman–Crippen MR) is 49.5 cm³/mol. The lowest BCUT2D eigenvalue weighted by atomic mass is 10.5. The van der Waals surface area contributed by atoms with Gasteiger partial charge in [0.1, 0.15) is 11.3 Å². The van der Waals surface area contributed by atoms with Gasteiger partial charge in [-0.15, -0.1) is 6.42 Å². The molecule has 0 saturated heterocycles. The molecule has 0 spiro atoms. The number of anilines is 1. The van der Waals surface area contributed by atoms with Crippen LogP contribution in [0, 0.1) is 12.3 Å². The van der Waals surface area contributed by atoms with Crippen molar-refractivity contribution in [2.75, 3.05) is 5.32 Å². The van der Waals surface area contributed by atoms with Gasteiger partial charge < -0.3 is 0 Å². The lowest BCUT2D eigenvalue weighted by Gasteiger charge is -2.01. The van der Waals surface area contributed by atoms with E-state index in [1.807, 2.05) is 5.92 Å². The quantitative estimate of drug-likeness (QED) is 0.569. The molecule has 13 heavy (non-hydrogen) atoms. The molecular weight excluding hydrogens is 213 g/mol. The number of nitrogens with zero attached hydrogens (tertiary/aromatic N) is 2. The molecule has 6 heteroatoms. The van der Waals surface area contributed by atoms with E-state index in [-0.39, 0.29) is 16.0 Å². The highest BCUT2D eigenvalue weighted by atomic mass is 35.5. The van der Waals surface area contributed by atoms with E-state index in [1.165, 1.54) is 6.33 Å². The smallest absolute Gasteiger partial charge is 0.298 e. The second kappa shape index (κ2) is 4.08. The third-order valence-corrected chi connectivity index (χ3v) is 1.85. The minimum absolute atomic E-state index is 0.0592. The van der Waals surface area contributed by atoms with Crippen molar-refractivity contribution in [2.45, 2.75) is 0 Å². The Hall–Kier alpha value is -1.31. The van der Waals surface area contributed by atoms with Gasteiger partial charge >= 0.3 is 5.91 Å². The molecule has 0 fully saturated rings. The molecule has 1 aromatic rings. The monoisotopic (exact) mass is 215 g/mol. The molecule has 4 nitrogen and oxygen atoms in total. The first-order chi connectivity index (χ1) is 6.15. The van der Waals surface area contributed by atoms with Crippen molar-refractivity contribution < 1.29 is 4.79 Å². The summed E-state index contributed by atoms with van der Waals surface area (Å²) in [4.78, 5) is 18.0. The van der Waals surface area contributed by atoms with Crippen LogP contribution in [0.2, 0.25) is 10.2 Å². The fourth-order valence-electron chi connectivity index (χ4n) is 0.579. The van der Waals surface area contributed by atoms with Crippen molar-refractivity contribution in [3.63, 3.8) is 0 Å². The van der Waals surface area contributed by atoms with Crippen LogP contribution in [-0.2, 0) is 4.79 Å². The van der Waals surface area contributed by atoms with E-state index in [9.17, 15) is 4.79 Å². The maximum absolute atomic E-state index is 10.7. The maximum atomic E-state index is 10.7. The highest BCUT2D eigenvalue weighted by molar-refractivity contribution is 6.43. The molecule has 1 aromatic heterocycles. The van der Waals surface area contributed by atoms with Crippen molar-refractivity contribution in [1.82, 2.24) is 9.97 Å². The number of aromatic nitrogens is 2. The Morgan fingerprint density at radius 3 is 2.85 bits per heavy atom. The Balaban J connectivity index is 2.97. The van der Waals surface area contributed by atoms with Gasteiger partial charge in [0.15, 0.2) is 11.0 Å². The Labute approximate surface area is 84.3 Å². The van der Waals surface area contributed by atoms with Crippen LogP contribution >= 0.6 is 23.2 Å². The van der Waals surface area contributed by atoms with Gasteiger partial charge in [-0.05, 0) is 5.92 Å². The lowest BCUT2D eigenvalue weighted by molar-refractivity contribution is -0.111. The molecule has 0 bridgehead atoms. The summed E-state index contributed by atoms with van der Waals surface area (Å²) in [5.41, 5.74) is 0. The van der Waals surface area contributed by atoms with Crippen molar-refractivity contribution >= 4 is 34.9 Å². The number of amides is 1. The van der Waals surface area contributed by atoms with Gasteiger partial charge in [-0.2, -0.15) is 0 Å². The Kier molecular flexibility index (Phi) is 3.07. The zero-order valence-electron chi connectivity index (χ0n) is 6.21. The molecule has 0 aliphatic rings. The number of carbonyl (C=O) groups excluding carboxylic acids is 1. The van der Waals surface area contributed by atoms with Gasteiger partial charge in [-0.1, -0.05) is 23.2 Å².